The molecule has 3 nitrogen and oxygen atoms in total. The largest absolute Gasteiger partial charge is 0.419 e. The molecule has 1 aliphatic carbocycles. The van der Waals surface area contributed by atoms with Gasteiger partial charge in [-0.3, -0.25) is 0 Å². The number of rotatable bonds is 2. The number of nitrogens with zero attached hydrogens (tertiary/aromatic N) is 2. The first-order valence-corrected chi connectivity index (χ1v) is 5.65. The van der Waals surface area contributed by atoms with Crippen molar-refractivity contribution >= 4 is 9.24 Å². The summed E-state index contributed by atoms with van der Waals surface area (Å²) in [5.41, 5.74) is -3.11. The van der Waals surface area contributed by atoms with Crippen molar-refractivity contribution in [3.63, 3.8) is 0 Å². The lowest BCUT2D eigenvalue weighted by atomic mass is 9.89. The van der Waals surface area contributed by atoms with E-state index in [2.05, 4.69) is 10.2 Å². The minimum atomic E-state index is -3.11. The molecule has 0 N–H and O–H groups in total. The Morgan fingerprint density at radius 1 is 1.20 bits per heavy atom. The molecule has 1 aliphatic rings. The maximum Gasteiger partial charge on any atom is 0.334 e. The number of halogens is 2. The van der Waals surface area contributed by atoms with Crippen LogP contribution in [0.3, 0.4) is 0 Å². The number of alkyl halides is 2. The van der Waals surface area contributed by atoms with Crippen molar-refractivity contribution in [2.45, 2.75) is 43.7 Å². The molecular formula is C9H13F2N2OP. The molecular weight excluding hydrogens is 221 g/mol. The molecule has 1 unspecified atom stereocenters. The second-order valence-electron chi connectivity index (χ2n) is 3.90. The second kappa shape index (κ2) is 4.12. The van der Waals surface area contributed by atoms with Crippen LogP contribution in [0.1, 0.15) is 49.8 Å². The van der Waals surface area contributed by atoms with Crippen LogP contribution in [0.2, 0.25) is 0 Å². The number of hydrogen-bond acceptors (Lipinski definition) is 3. The van der Waals surface area contributed by atoms with Crippen LogP contribution in [0.15, 0.2) is 4.42 Å². The maximum absolute atomic E-state index is 12.8. The van der Waals surface area contributed by atoms with Crippen molar-refractivity contribution in [3.8, 4) is 0 Å². The lowest BCUT2D eigenvalue weighted by molar-refractivity contribution is 0.0679. The van der Waals surface area contributed by atoms with Gasteiger partial charge >= 0.3 is 5.66 Å². The van der Waals surface area contributed by atoms with Crippen molar-refractivity contribution in [3.05, 3.63) is 11.8 Å². The van der Waals surface area contributed by atoms with E-state index in [0.717, 1.165) is 25.7 Å². The van der Waals surface area contributed by atoms with E-state index in [0.29, 0.717) is 5.89 Å². The molecule has 0 aliphatic heterocycles. The summed E-state index contributed by atoms with van der Waals surface area (Å²) in [5, 5.41) is 7.07. The van der Waals surface area contributed by atoms with Gasteiger partial charge in [-0.1, -0.05) is 28.5 Å². The SMILES string of the molecule is FC(F)(P)c1nnc(C2CCCCC2)o1. The summed E-state index contributed by atoms with van der Waals surface area (Å²) >= 11 is 0. The Hall–Kier alpha value is -0.570. The molecule has 1 heterocycles. The van der Waals surface area contributed by atoms with Gasteiger partial charge in [0.05, 0.1) is 0 Å². The van der Waals surface area contributed by atoms with E-state index in [1.54, 1.807) is 0 Å². The molecule has 1 atom stereocenters. The maximum atomic E-state index is 12.8. The molecule has 0 bridgehead atoms. The lowest BCUT2D eigenvalue weighted by Crippen LogP contribution is -2.04. The molecule has 84 valence electrons. The van der Waals surface area contributed by atoms with Crippen LogP contribution in [0.5, 0.6) is 0 Å². The first-order valence-electron chi connectivity index (χ1n) is 5.08. The van der Waals surface area contributed by atoms with Gasteiger partial charge in [0.25, 0.3) is 5.89 Å². The van der Waals surface area contributed by atoms with E-state index >= 15 is 0 Å². The fraction of sp³-hybridized carbons (Fsp3) is 0.778. The fourth-order valence-electron chi connectivity index (χ4n) is 1.88. The zero-order chi connectivity index (χ0) is 10.9. The second-order valence-corrected chi connectivity index (χ2v) is 4.63. The summed E-state index contributed by atoms with van der Waals surface area (Å²) in [4.78, 5) is 0. The van der Waals surface area contributed by atoms with Crippen molar-refractivity contribution in [1.29, 1.82) is 0 Å². The first kappa shape index (κ1) is 10.9. The molecule has 0 saturated heterocycles. The summed E-state index contributed by atoms with van der Waals surface area (Å²) in [5.74, 6) is -0.0627. The monoisotopic (exact) mass is 234 g/mol. The Kier molecular flexibility index (Phi) is 3.01. The highest BCUT2D eigenvalue weighted by Gasteiger charge is 2.33. The van der Waals surface area contributed by atoms with E-state index in [1.165, 1.54) is 15.7 Å². The Morgan fingerprint density at radius 2 is 1.87 bits per heavy atom. The molecule has 1 saturated carbocycles. The Balaban J connectivity index is 2.12. The van der Waals surface area contributed by atoms with Crippen molar-refractivity contribution < 1.29 is 13.2 Å². The molecule has 0 amide bonds. The van der Waals surface area contributed by atoms with Crippen LogP contribution in [0, 0.1) is 0 Å². The van der Waals surface area contributed by atoms with Crippen LogP contribution in [0.25, 0.3) is 0 Å². The predicted octanol–water partition coefficient (Wildman–Crippen LogP) is 3.04. The summed E-state index contributed by atoms with van der Waals surface area (Å²) in [7, 11) is 1.40. The summed E-state index contributed by atoms with van der Waals surface area (Å²) in [6, 6.07) is 0. The molecule has 1 aromatic heterocycles. The van der Waals surface area contributed by atoms with Gasteiger partial charge in [0.15, 0.2) is 0 Å². The van der Waals surface area contributed by atoms with Gasteiger partial charge in [-0.2, -0.15) is 8.78 Å². The Morgan fingerprint density at radius 3 is 2.40 bits per heavy atom. The third-order valence-corrected chi connectivity index (χ3v) is 2.93. The highest BCUT2D eigenvalue weighted by molar-refractivity contribution is 7.17. The Bertz CT molecular complexity index is 331. The van der Waals surface area contributed by atoms with Gasteiger partial charge in [0, 0.05) is 5.92 Å². The van der Waals surface area contributed by atoms with E-state index in [9.17, 15) is 8.78 Å². The fourth-order valence-corrected chi connectivity index (χ4v) is 2.00. The third-order valence-electron chi connectivity index (χ3n) is 2.68. The zero-order valence-electron chi connectivity index (χ0n) is 8.25. The third kappa shape index (κ3) is 2.51. The molecule has 6 heteroatoms. The van der Waals surface area contributed by atoms with Gasteiger partial charge in [0.1, 0.15) is 0 Å². The van der Waals surface area contributed by atoms with Crippen molar-refractivity contribution in [1.82, 2.24) is 10.2 Å². The minimum absolute atomic E-state index is 0.173. The number of aromatic nitrogens is 2. The van der Waals surface area contributed by atoms with Crippen LogP contribution in [-0.2, 0) is 5.66 Å². The van der Waals surface area contributed by atoms with Gasteiger partial charge in [0.2, 0.25) is 5.89 Å². The highest BCUT2D eigenvalue weighted by Crippen LogP contribution is 2.37. The van der Waals surface area contributed by atoms with E-state index in [4.69, 9.17) is 4.42 Å². The minimum Gasteiger partial charge on any atom is -0.419 e. The summed E-state index contributed by atoms with van der Waals surface area (Å²) in [6.07, 6.45) is 5.35. The van der Waals surface area contributed by atoms with E-state index in [-0.39, 0.29) is 5.92 Å². The van der Waals surface area contributed by atoms with E-state index in [1.807, 2.05) is 0 Å². The van der Waals surface area contributed by atoms with Crippen LogP contribution >= 0.6 is 9.24 Å². The molecule has 1 aromatic rings. The highest BCUT2D eigenvalue weighted by atomic mass is 31.0. The van der Waals surface area contributed by atoms with Gasteiger partial charge in [-0.05, 0) is 12.8 Å². The van der Waals surface area contributed by atoms with Crippen LogP contribution in [0.4, 0.5) is 8.78 Å². The topological polar surface area (TPSA) is 38.9 Å². The van der Waals surface area contributed by atoms with Gasteiger partial charge in [-0.25, -0.2) is 0 Å². The Labute approximate surface area is 88.8 Å². The van der Waals surface area contributed by atoms with Crippen molar-refractivity contribution in [2.75, 3.05) is 0 Å². The summed E-state index contributed by atoms with van der Waals surface area (Å²) in [6.45, 7) is 0. The van der Waals surface area contributed by atoms with Gasteiger partial charge in [-0.15, -0.1) is 10.2 Å². The standard InChI is InChI=1S/C9H13F2N2OP/c10-9(11,15)8-13-12-7(14-8)6-4-2-1-3-5-6/h6H,1-5,15H2. The summed E-state index contributed by atoms with van der Waals surface area (Å²) < 4.78 is 30.6. The quantitative estimate of drug-likeness (QED) is 0.738. The molecule has 0 spiro atoms. The molecule has 1 fully saturated rings. The predicted molar refractivity (Wildman–Crippen MR) is 53.7 cm³/mol. The van der Waals surface area contributed by atoms with Gasteiger partial charge < -0.3 is 4.42 Å². The average Bonchev–Trinajstić information content (AvgIpc) is 2.67. The average molecular weight is 234 g/mol. The number of hydrogen-bond donors (Lipinski definition) is 0. The molecule has 15 heavy (non-hydrogen) atoms. The smallest absolute Gasteiger partial charge is 0.334 e. The normalized spacial score (nSPS) is 19.4. The first-order chi connectivity index (χ1) is 7.07. The molecule has 0 radical (unpaired) electrons. The molecule has 2 rings (SSSR count). The van der Waals surface area contributed by atoms with Crippen molar-refractivity contribution in [2.24, 2.45) is 0 Å². The van der Waals surface area contributed by atoms with Crippen LogP contribution < -0.4 is 0 Å². The molecule has 0 aromatic carbocycles. The zero-order valence-corrected chi connectivity index (χ0v) is 9.40. The van der Waals surface area contributed by atoms with E-state index < -0.39 is 11.6 Å². The lowest BCUT2D eigenvalue weighted by Gasteiger charge is -2.17. The van der Waals surface area contributed by atoms with Crippen LogP contribution in [-0.4, -0.2) is 10.2 Å².